The maximum absolute atomic E-state index is 6.17. The fourth-order valence-electron chi connectivity index (χ4n) is 2.73. The summed E-state index contributed by atoms with van der Waals surface area (Å²) < 4.78 is 0. The predicted octanol–water partition coefficient (Wildman–Crippen LogP) is 5.62. The van der Waals surface area contributed by atoms with Crippen LogP contribution in [0.2, 0.25) is 5.02 Å². The molecule has 2 heterocycles. The van der Waals surface area contributed by atoms with Gasteiger partial charge in [-0.2, -0.15) is 0 Å². The van der Waals surface area contributed by atoms with Gasteiger partial charge in [-0.05, 0) is 41.5 Å². The van der Waals surface area contributed by atoms with Crippen molar-refractivity contribution < 1.29 is 0 Å². The second kappa shape index (κ2) is 5.82. The van der Waals surface area contributed by atoms with Crippen molar-refractivity contribution in [2.75, 3.05) is 0 Å². The molecule has 2 nitrogen and oxygen atoms in total. The molecule has 4 aromatic rings. The number of pyridine rings is 2. The van der Waals surface area contributed by atoms with Crippen molar-refractivity contribution in [2.45, 2.75) is 0 Å². The Labute approximate surface area is 139 Å². The molecule has 0 spiro atoms. The predicted molar refractivity (Wildman–Crippen MR) is 95.4 cm³/mol. The summed E-state index contributed by atoms with van der Waals surface area (Å²) >= 11 is 6.17. The Morgan fingerprint density at radius 3 is 2.30 bits per heavy atom. The molecular weight excluding hydrogens is 304 g/mol. The lowest BCUT2D eigenvalue weighted by molar-refractivity contribution is 1.31. The number of nitrogens with zero attached hydrogens (tertiary/aromatic N) is 2. The third-order valence-corrected chi connectivity index (χ3v) is 4.07. The van der Waals surface area contributed by atoms with Crippen molar-refractivity contribution >= 4 is 22.5 Å². The fraction of sp³-hybridized carbons (Fsp3) is 0. The lowest BCUT2D eigenvalue weighted by atomic mass is 9.98. The first-order valence-corrected chi connectivity index (χ1v) is 7.75. The van der Waals surface area contributed by atoms with E-state index < -0.39 is 0 Å². The number of fused-ring (bicyclic) bond motifs is 1. The number of benzene rings is 2. The molecule has 0 N–H and O–H groups in total. The summed E-state index contributed by atoms with van der Waals surface area (Å²) in [6, 6.07) is 22.2. The zero-order valence-electron chi connectivity index (χ0n) is 12.3. The average Bonchev–Trinajstić information content (AvgIpc) is 2.62. The van der Waals surface area contributed by atoms with Crippen LogP contribution >= 0.6 is 11.6 Å². The molecular formula is C20H13ClN2. The van der Waals surface area contributed by atoms with Crippen molar-refractivity contribution in [3.8, 4) is 22.4 Å². The largest absolute Gasteiger partial charge is 0.265 e. The van der Waals surface area contributed by atoms with Crippen LogP contribution in [0.3, 0.4) is 0 Å². The van der Waals surface area contributed by atoms with E-state index in [4.69, 9.17) is 16.6 Å². The Bertz CT molecular complexity index is 967. The monoisotopic (exact) mass is 316 g/mol. The molecule has 0 saturated carbocycles. The van der Waals surface area contributed by atoms with E-state index in [9.17, 15) is 0 Å². The maximum Gasteiger partial charge on any atom is 0.0730 e. The van der Waals surface area contributed by atoms with Crippen LogP contribution in [0.15, 0.2) is 79.1 Å². The van der Waals surface area contributed by atoms with Gasteiger partial charge in [0.1, 0.15) is 0 Å². The molecule has 0 radical (unpaired) electrons. The Morgan fingerprint density at radius 2 is 1.52 bits per heavy atom. The van der Waals surface area contributed by atoms with Crippen LogP contribution in [0.1, 0.15) is 0 Å². The summed E-state index contributed by atoms with van der Waals surface area (Å²) in [5, 5.41) is 1.79. The Hall–Kier alpha value is -2.71. The third-order valence-electron chi connectivity index (χ3n) is 3.83. The van der Waals surface area contributed by atoms with Gasteiger partial charge in [0.05, 0.1) is 11.2 Å². The zero-order valence-corrected chi connectivity index (χ0v) is 13.0. The molecule has 3 heteroatoms. The first kappa shape index (κ1) is 13.9. The number of hydrogen-bond acceptors (Lipinski definition) is 2. The van der Waals surface area contributed by atoms with Gasteiger partial charge in [0.15, 0.2) is 0 Å². The van der Waals surface area contributed by atoms with Crippen molar-refractivity contribution in [1.82, 2.24) is 9.97 Å². The van der Waals surface area contributed by atoms with Crippen molar-refractivity contribution in [3.05, 3.63) is 84.1 Å². The molecule has 4 rings (SSSR count). The van der Waals surface area contributed by atoms with Crippen molar-refractivity contribution in [3.63, 3.8) is 0 Å². The molecule has 0 amide bonds. The van der Waals surface area contributed by atoms with Crippen LogP contribution in [0.25, 0.3) is 33.3 Å². The van der Waals surface area contributed by atoms with E-state index >= 15 is 0 Å². The van der Waals surface area contributed by atoms with Gasteiger partial charge in [0.2, 0.25) is 0 Å². The standard InChI is InChI=1S/C20H13ClN2/c21-16-6-7-17-18(14-4-2-1-3-5-14)13-19(23-20(17)12-16)15-8-10-22-11-9-15/h1-13H. The molecule has 0 aliphatic heterocycles. The smallest absolute Gasteiger partial charge is 0.0730 e. The molecule has 0 saturated heterocycles. The first-order chi connectivity index (χ1) is 11.3. The molecule has 0 unspecified atom stereocenters. The summed E-state index contributed by atoms with van der Waals surface area (Å²) in [5.74, 6) is 0. The minimum Gasteiger partial charge on any atom is -0.265 e. The molecule has 110 valence electrons. The molecule has 0 atom stereocenters. The summed E-state index contributed by atoms with van der Waals surface area (Å²) in [6.07, 6.45) is 3.56. The summed E-state index contributed by atoms with van der Waals surface area (Å²) in [4.78, 5) is 8.86. The van der Waals surface area contributed by atoms with E-state index in [-0.39, 0.29) is 0 Å². The average molecular weight is 317 g/mol. The second-order valence-corrected chi connectivity index (χ2v) is 5.75. The lowest BCUT2D eigenvalue weighted by Crippen LogP contribution is -1.90. The molecule has 0 bridgehead atoms. The van der Waals surface area contributed by atoms with E-state index in [1.54, 1.807) is 12.4 Å². The van der Waals surface area contributed by atoms with Gasteiger partial charge < -0.3 is 0 Å². The van der Waals surface area contributed by atoms with Crippen LogP contribution in [0.5, 0.6) is 0 Å². The van der Waals surface area contributed by atoms with E-state index in [1.807, 2.05) is 48.5 Å². The quantitative estimate of drug-likeness (QED) is 0.480. The van der Waals surface area contributed by atoms with Crippen molar-refractivity contribution in [2.24, 2.45) is 0 Å². The molecule has 0 aliphatic carbocycles. The minimum absolute atomic E-state index is 0.691. The molecule has 2 aromatic heterocycles. The highest BCUT2D eigenvalue weighted by atomic mass is 35.5. The summed E-state index contributed by atoms with van der Waals surface area (Å²) in [6.45, 7) is 0. The SMILES string of the molecule is Clc1ccc2c(-c3ccccc3)cc(-c3ccncc3)nc2c1. The van der Waals surface area contributed by atoms with E-state index in [1.165, 1.54) is 0 Å². The van der Waals surface area contributed by atoms with Gasteiger partial charge >= 0.3 is 0 Å². The van der Waals surface area contributed by atoms with Crippen LogP contribution in [0, 0.1) is 0 Å². The molecule has 0 aliphatic rings. The highest BCUT2D eigenvalue weighted by molar-refractivity contribution is 6.31. The highest BCUT2D eigenvalue weighted by Gasteiger charge is 2.09. The number of halogens is 1. The molecule has 2 aromatic carbocycles. The third kappa shape index (κ3) is 2.69. The second-order valence-electron chi connectivity index (χ2n) is 5.32. The number of rotatable bonds is 2. The number of hydrogen-bond donors (Lipinski definition) is 0. The highest BCUT2D eigenvalue weighted by Crippen LogP contribution is 2.32. The Morgan fingerprint density at radius 1 is 0.739 bits per heavy atom. The summed E-state index contributed by atoms with van der Waals surface area (Å²) in [7, 11) is 0. The van der Waals surface area contributed by atoms with Crippen LogP contribution < -0.4 is 0 Å². The van der Waals surface area contributed by atoms with Crippen LogP contribution in [-0.4, -0.2) is 9.97 Å². The van der Waals surface area contributed by atoms with E-state index in [2.05, 4.69) is 23.2 Å². The Kier molecular flexibility index (Phi) is 3.52. The van der Waals surface area contributed by atoms with Gasteiger partial charge in [-0.15, -0.1) is 0 Å². The fourth-order valence-corrected chi connectivity index (χ4v) is 2.90. The van der Waals surface area contributed by atoms with Crippen LogP contribution in [0.4, 0.5) is 0 Å². The lowest BCUT2D eigenvalue weighted by Gasteiger charge is -2.10. The minimum atomic E-state index is 0.691. The topological polar surface area (TPSA) is 25.8 Å². The van der Waals surface area contributed by atoms with Gasteiger partial charge in [0, 0.05) is 28.4 Å². The van der Waals surface area contributed by atoms with E-state index in [0.717, 1.165) is 33.3 Å². The molecule has 23 heavy (non-hydrogen) atoms. The van der Waals surface area contributed by atoms with Crippen LogP contribution in [-0.2, 0) is 0 Å². The number of aromatic nitrogens is 2. The van der Waals surface area contributed by atoms with Crippen molar-refractivity contribution in [1.29, 1.82) is 0 Å². The van der Waals surface area contributed by atoms with Gasteiger partial charge in [-0.1, -0.05) is 48.0 Å². The Balaban J connectivity index is 2.03. The summed E-state index contributed by atoms with van der Waals surface area (Å²) in [5.41, 5.74) is 5.17. The normalized spacial score (nSPS) is 10.8. The van der Waals surface area contributed by atoms with Gasteiger partial charge in [-0.25, -0.2) is 4.98 Å². The van der Waals surface area contributed by atoms with Gasteiger partial charge in [-0.3, -0.25) is 4.98 Å². The zero-order chi connectivity index (χ0) is 15.6. The molecule has 0 fully saturated rings. The van der Waals surface area contributed by atoms with Gasteiger partial charge in [0.25, 0.3) is 0 Å². The van der Waals surface area contributed by atoms with E-state index in [0.29, 0.717) is 5.02 Å². The maximum atomic E-state index is 6.17. The first-order valence-electron chi connectivity index (χ1n) is 7.37.